The Morgan fingerprint density at radius 2 is 1.85 bits per heavy atom. The number of unbranched alkanes of at least 4 members (excludes halogenated alkanes) is 1. The van der Waals surface area contributed by atoms with Crippen molar-refractivity contribution in [3.8, 4) is 0 Å². The molecular weight excluding hydrogens is 278 g/mol. The van der Waals surface area contributed by atoms with Gasteiger partial charge in [-0.3, -0.25) is 4.31 Å². The highest BCUT2D eigenvalue weighted by molar-refractivity contribution is 7.92. The lowest BCUT2D eigenvalue weighted by Crippen LogP contribution is -2.42. The zero-order chi connectivity index (χ0) is 15.3. The molecule has 0 fully saturated rings. The molecule has 112 valence electrons. The lowest BCUT2D eigenvalue weighted by atomic mass is 10.1. The number of carboxylic acids is 1. The molecule has 1 unspecified atom stereocenters. The van der Waals surface area contributed by atoms with Crippen LogP contribution in [0.2, 0.25) is 0 Å². The molecule has 0 heterocycles. The van der Waals surface area contributed by atoms with Crippen molar-refractivity contribution >= 4 is 21.7 Å². The smallest absolute Gasteiger partial charge is 0.327 e. The maximum absolute atomic E-state index is 11.8. The van der Waals surface area contributed by atoms with Crippen LogP contribution in [0.5, 0.6) is 0 Å². The highest BCUT2D eigenvalue weighted by Gasteiger charge is 2.28. The SMILES string of the molecule is CCCCc1ccc(N(C(C)C(=O)O)S(C)(=O)=O)cc1. The van der Waals surface area contributed by atoms with Gasteiger partial charge in [-0.25, -0.2) is 13.2 Å². The summed E-state index contributed by atoms with van der Waals surface area (Å²) in [6, 6.07) is 5.87. The van der Waals surface area contributed by atoms with E-state index in [1.807, 2.05) is 12.1 Å². The van der Waals surface area contributed by atoms with E-state index in [-0.39, 0.29) is 0 Å². The van der Waals surface area contributed by atoms with Crippen LogP contribution in [0.3, 0.4) is 0 Å². The molecule has 0 aromatic heterocycles. The number of sulfonamides is 1. The average molecular weight is 299 g/mol. The Balaban J connectivity index is 3.07. The van der Waals surface area contributed by atoms with Gasteiger partial charge in [0.05, 0.1) is 11.9 Å². The molecule has 20 heavy (non-hydrogen) atoms. The quantitative estimate of drug-likeness (QED) is 0.838. The largest absolute Gasteiger partial charge is 0.480 e. The second kappa shape index (κ2) is 6.74. The van der Waals surface area contributed by atoms with Crippen molar-refractivity contribution in [1.29, 1.82) is 0 Å². The summed E-state index contributed by atoms with van der Waals surface area (Å²) in [4.78, 5) is 11.1. The molecule has 1 rings (SSSR count). The molecule has 0 aliphatic carbocycles. The van der Waals surface area contributed by atoms with Crippen molar-refractivity contribution in [2.75, 3.05) is 10.6 Å². The molecule has 5 nitrogen and oxygen atoms in total. The van der Waals surface area contributed by atoms with Crippen LogP contribution in [0, 0.1) is 0 Å². The standard InChI is InChI=1S/C14H21NO4S/c1-4-5-6-12-7-9-13(10-8-12)15(20(3,18)19)11(2)14(16)17/h7-11H,4-6H2,1-3H3,(H,16,17). The van der Waals surface area contributed by atoms with Crippen molar-refractivity contribution in [2.24, 2.45) is 0 Å². The summed E-state index contributed by atoms with van der Waals surface area (Å²) in [6.07, 6.45) is 4.11. The van der Waals surface area contributed by atoms with E-state index in [9.17, 15) is 13.2 Å². The van der Waals surface area contributed by atoms with Crippen molar-refractivity contribution in [3.05, 3.63) is 29.8 Å². The molecule has 0 aliphatic heterocycles. The van der Waals surface area contributed by atoms with Crippen LogP contribution in [0.1, 0.15) is 32.3 Å². The van der Waals surface area contributed by atoms with E-state index in [4.69, 9.17) is 5.11 Å². The first-order valence-corrected chi connectivity index (χ1v) is 8.43. The molecular formula is C14H21NO4S. The summed E-state index contributed by atoms with van der Waals surface area (Å²) in [5.74, 6) is -1.18. The van der Waals surface area contributed by atoms with E-state index in [0.29, 0.717) is 5.69 Å². The molecule has 0 bridgehead atoms. The first kappa shape index (κ1) is 16.5. The van der Waals surface area contributed by atoms with E-state index in [2.05, 4.69) is 6.92 Å². The van der Waals surface area contributed by atoms with Gasteiger partial charge in [0, 0.05) is 0 Å². The Morgan fingerprint density at radius 1 is 1.30 bits per heavy atom. The summed E-state index contributed by atoms with van der Waals surface area (Å²) >= 11 is 0. The number of aliphatic carboxylic acids is 1. The molecule has 1 N–H and O–H groups in total. The van der Waals surface area contributed by atoms with Gasteiger partial charge >= 0.3 is 5.97 Å². The highest BCUT2D eigenvalue weighted by atomic mass is 32.2. The van der Waals surface area contributed by atoms with Crippen LogP contribution < -0.4 is 4.31 Å². The summed E-state index contributed by atoms with van der Waals surface area (Å²) in [6.45, 7) is 3.46. The fourth-order valence-corrected chi connectivity index (χ4v) is 3.16. The number of carbonyl (C=O) groups is 1. The van der Waals surface area contributed by atoms with Gasteiger partial charge in [-0.2, -0.15) is 0 Å². The molecule has 0 radical (unpaired) electrons. The third-order valence-corrected chi connectivity index (χ3v) is 4.32. The van der Waals surface area contributed by atoms with E-state index >= 15 is 0 Å². The summed E-state index contributed by atoms with van der Waals surface area (Å²) in [5, 5.41) is 9.04. The Morgan fingerprint density at radius 3 is 2.25 bits per heavy atom. The zero-order valence-corrected chi connectivity index (χ0v) is 12.9. The van der Waals surface area contributed by atoms with Crippen LogP contribution in [-0.2, 0) is 21.2 Å². The predicted octanol–water partition coefficient (Wildman–Crippen LogP) is 2.27. The van der Waals surface area contributed by atoms with E-state index in [1.54, 1.807) is 12.1 Å². The Kier molecular flexibility index (Phi) is 5.56. The molecule has 0 saturated carbocycles. The van der Waals surface area contributed by atoms with E-state index < -0.39 is 22.0 Å². The lowest BCUT2D eigenvalue weighted by molar-refractivity contribution is -0.137. The number of hydrogen-bond acceptors (Lipinski definition) is 3. The molecule has 1 aromatic rings. The third kappa shape index (κ3) is 4.23. The van der Waals surface area contributed by atoms with Gasteiger partial charge in [0.2, 0.25) is 10.0 Å². The molecule has 1 aromatic carbocycles. The number of rotatable bonds is 7. The van der Waals surface area contributed by atoms with Gasteiger partial charge in [0.1, 0.15) is 6.04 Å². The molecule has 0 aliphatic rings. The lowest BCUT2D eigenvalue weighted by Gasteiger charge is -2.26. The topological polar surface area (TPSA) is 74.7 Å². The molecule has 1 atom stereocenters. The van der Waals surface area contributed by atoms with Crippen molar-refractivity contribution in [2.45, 2.75) is 39.2 Å². The Hall–Kier alpha value is -1.56. The van der Waals surface area contributed by atoms with Crippen molar-refractivity contribution in [1.82, 2.24) is 0 Å². The van der Waals surface area contributed by atoms with Crippen LogP contribution in [0.15, 0.2) is 24.3 Å². The average Bonchev–Trinajstić information content (AvgIpc) is 2.36. The maximum Gasteiger partial charge on any atom is 0.327 e. The van der Waals surface area contributed by atoms with Crippen molar-refractivity contribution < 1.29 is 18.3 Å². The molecule has 0 amide bonds. The minimum Gasteiger partial charge on any atom is -0.480 e. The van der Waals surface area contributed by atoms with Crippen LogP contribution in [0.25, 0.3) is 0 Å². The van der Waals surface area contributed by atoms with Gasteiger partial charge in [-0.05, 0) is 37.5 Å². The highest BCUT2D eigenvalue weighted by Crippen LogP contribution is 2.22. The summed E-state index contributed by atoms with van der Waals surface area (Å²) in [5.41, 5.74) is 1.50. The van der Waals surface area contributed by atoms with Crippen LogP contribution >= 0.6 is 0 Å². The minimum absolute atomic E-state index is 0.377. The number of anilines is 1. The van der Waals surface area contributed by atoms with Crippen LogP contribution in [0.4, 0.5) is 5.69 Å². The first-order valence-electron chi connectivity index (χ1n) is 6.58. The Bertz CT molecular complexity index is 551. The van der Waals surface area contributed by atoms with Crippen molar-refractivity contribution in [3.63, 3.8) is 0 Å². The first-order chi connectivity index (χ1) is 9.27. The number of aryl methyl sites for hydroxylation is 1. The van der Waals surface area contributed by atoms with E-state index in [1.165, 1.54) is 6.92 Å². The number of nitrogens with zero attached hydrogens (tertiary/aromatic N) is 1. The third-order valence-electron chi connectivity index (χ3n) is 3.08. The normalized spacial score (nSPS) is 12.9. The van der Waals surface area contributed by atoms with Gasteiger partial charge in [0.25, 0.3) is 0 Å². The fraction of sp³-hybridized carbons (Fsp3) is 0.500. The van der Waals surface area contributed by atoms with Gasteiger partial charge in [-0.1, -0.05) is 25.5 Å². The monoisotopic (exact) mass is 299 g/mol. The zero-order valence-electron chi connectivity index (χ0n) is 12.0. The number of carboxylic acid groups (broad SMARTS) is 1. The van der Waals surface area contributed by atoms with Gasteiger partial charge < -0.3 is 5.11 Å². The molecule has 0 spiro atoms. The molecule has 0 saturated heterocycles. The second-order valence-electron chi connectivity index (χ2n) is 4.84. The Labute approximate surface area is 120 Å². The van der Waals surface area contributed by atoms with E-state index in [0.717, 1.165) is 35.4 Å². The summed E-state index contributed by atoms with van der Waals surface area (Å²) < 4.78 is 24.5. The maximum atomic E-state index is 11.8. The van der Waals surface area contributed by atoms with Gasteiger partial charge in [-0.15, -0.1) is 0 Å². The fourth-order valence-electron chi connectivity index (χ4n) is 1.99. The van der Waals surface area contributed by atoms with Crippen LogP contribution in [-0.4, -0.2) is 31.8 Å². The summed E-state index contributed by atoms with van der Waals surface area (Å²) in [7, 11) is -3.64. The van der Waals surface area contributed by atoms with Gasteiger partial charge in [0.15, 0.2) is 0 Å². The predicted molar refractivity (Wildman–Crippen MR) is 79.5 cm³/mol. The molecule has 6 heteroatoms. The number of benzene rings is 1. The number of hydrogen-bond donors (Lipinski definition) is 1. The minimum atomic E-state index is -3.64. The second-order valence-corrected chi connectivity index (χ2v) is 6.70.